The number of ether oxygens (including phenoxy) is 1. The fraction of sp³-hybridized carbons (Fsp3) is 0.923. The molecule has 0 radical (unpaired) electrons. The van der Waals surface area contributed by atoms with E-state index in [1.54, 1.807) is 4.90 Å². The van der Waals surface area contributed by atoms with Crippen LogP contribution in [0.15, 0.2) is 0 Å². The van der Waals surface area contributed by atoms with Crippen LogP contribution in [0.1, 0.15) is 33.6 Å². The quantitative estimate of drug-likeness (QED) is 0.797. The normalized spacial score (nSPS) is 19.7. The average Bonchev–Trinajstić information content (AvgIpc) is 2.29. The summed E-state index contributed by atoms with van der Waals surface area (Å²) in [6.07, 6.45) is 1.54. The second-order valence-electron chi connectivity index (χ2n) is 5.98. The maximum Gasteiger partial charge on any atom is 0.410 e. The number of amides is 1. The first kappa shape index (κ1) is 15.2. The van der Waals surface area contributed by atoms with Crippen molar-refractivity contribution in [2.75, 3.05) is 26.2 Å². The Bertz CT molecular complexity index is 264. The molecule has 0 aromatic rings. The van der Waals surface area contributed by atoms with E-state index in [9.17, 15) is 9.90 Å². The predicted octanol–water partition coefficient (Wildman–Crippen LogP) is 1.20. The fourth-order valence-electron chi connectivity index (χ4n) is 2.30. The summed E-state index contributed by atoms with van der Waals surface area (Å²) in [7, 11) is 0. The molecule has 18 heavy (non-hydrogen) atoms. The Morgan fingerprint density at radius 3 is 2.39 bits per heavy atom. The molecule has 0 saturated carbocycles. The van der Waals surface area contributed by atoms with Crippen molar-refractivity contribution in [1.82, 2.24) is 4.90 Å². The van der Waals surface area contributed by atoms with Crippen LogP contribution in [-0.2, 0) is 4.74 Å². The van der Waals surface area contributed by atoms with E-state index >= 15 is 0 Å². The molecular formula is C13H26N2O3. The van der Waals surface area contributed by atoms with Gasteiger partial charge in [0.05, 0.1) is 0 Å². The Labute approximate surface area is 109 Å². The molecule has 1 fully saturated rings. The van der Waals surface area contributed by atoms with E-state index in [1.807, 2.05) is 20.8 Å². The van der Waals surface area contributed by atoms with Gasteiger partial charge in [-0.05, 0) is 52.0 Å². The summed E-state index contributed by atoms with van der Waals surface area (Å²) >= 11 is 0. The third kappa shape index (κ3) is 4.46. The van der Waals surface area contributed by atoms with Crippen LogP contribution < -0.4 is 5.73 Å². The van der Waals surface area contributed by atoms with Gasteiger partial charge in [-0.1, -0.05) is 0 Å². The summed E-state index contributed by atoms with van der Waals surface area (Å²) in [5.41, 5.74) is 5.18. The van der Waals surface area contributed by atoms with Crippen LogP contribution >= 0.6 is 0 Å². The van der Waals surface area contributed by atoms with Crippen molar-refractivity contribution in [3.05, 3.63) is 0 Å². The number of likely N-dealkylation sites (tertiary alicyclic amines) is 1. The molecule has 1 aliphatic heterocycles. The number of hydrogen-bond acceptors (Lipinski definition) is 4. The number of piperidine rings is 1. The molecular weight excluding hydrogens is 232 g/mol. The van der Waals surface area contributed by atoms with Crippen molar-refractivity contribution in [1.29, 1.82) is 0 Å². The van der Waals surface area contributed by atoms with E-state index in [2.05, 4.69) is 0 Å². The zero-order chi connectivity index (χ0) is 13.8. The number of nitrogens with zero attached hydrogens (tertiary/aromatic N) is 1. The van der Waals surface area contributed by atoms with Gasteiger partial charge in [0.2, 0.25) is 0 Å². The zero-order valence-corrected chi connectivity index (χ0v) is 11.7. The van der Waals surface area contributed by atoms with Gasteiger partial charge in [0.25, 0.3) is 0 Å². The van der Waals surface area contributed by atoms with Gasteiger partial charge in [-0.2, -0.15) is 0 Å². The molecule has 0 aromatic carbocycles. The molecule has 1 heterocycles. The van der Waals surface area contributed by atoms with Crippen LogP contribution in [0.2, 0.25) is 0 Å². The second-order valence-corrected chi connectivity index (χ2v) is 5.98. The van der Waals surface area contributed by atoms with Gasteiger partial charge in [0.1, 0.15) is 5.60 Å². The summed E-state index contributed by atoms with van der Waals surface area (Å²) in [6, 6.07) is 0. The third-order valence-corrected chi connectivity index (χ3v) is 3.40. The first-order chi connectivity index (χ1) is 8.37. The molecule has 5 heteroatoms. The van der Waals surface area contributed by atoms with Gasteiger partial charge in [-0.25, -0.2) is 4.79 Å². The third-order valence-electron chi connectivity index (χ3n) is 3.40. The molecule has 1 amide bonds. The van der Waals surface area contributed by atoms with Crippen molar-refractivity contribution >= 4 is 6.09 Å². The van der Waals surface area contributed by atoms with Gasteiger partial charge in [-0.15, -0.1) is 0 Å². The molecule has 5 nitrogen and oxygen atoms in total. The van der Waals surface area contributed by atoms with Gasteiger partial charge in [0, 0.05) is 19.7 Å². The van der Waals surface area contributed by atoms with Crippen molar-refractivity contribution in [2.45, 2.75) is 39.2 Å². The van der Waals surface area contributed by atoms with Crippen molar-refractivity contribution in [3.8, 4) is 0 Å². The van der Waals surface area contributed by atoms with Crippen LogP contribution in [0.5, 0.6) is 0 Å². The van der Waals surface area contributed by atoms with Crippen LogP contribution in [0.4, 0.5) is 4.79 Å². The lowest BCUT2D eigenvalue weighted by atomic mass is 9.85. The van der Waals surface area contributed by atoms with Crippen molar-refractivity contribution in [3.63, 3.8) is 0 Å². The molecule has 0 aromatic heterocycles. The van der Waals surface area contributed by atoms with Crippen molar-refractivity contribution < 1.29 is 14.6 Å². The number of aliphatic hydroxyl groups is 1. The molecule has 3 N–H and O–H groups in total. The first-order valence-corrected chi connectivity index (χ1v) is 6.66. The molecule has 0 unspecified atom stereocenters. The maximum absolute atomic E-state index is 11.9. The molecule has 0 bridgehead atoms. The molecule has 1 rings (SSSR count). The second kappa shape index (κ2) is 6.38. The summed E-state index contributed by atoms with van der Waals surface area (Å²) in [5, 5.41) is 9.22. The molecule has 1 saturated heterocycles. The van der Waals surface area contributed by atoms with Gasteiger partial charge < -0.3 is 20.5 Å². The Hall–Kier alpha value is -0.810. The summed E-state index contributed by atoms with van der Waals surface area (Å²) in [4.78, 5) is 13.6. The SMILES string of the molecule is CC(C)(C)OC(=O)N1CCC([C@@H](CN)CO)CC1. The predicted molar refractivity (Wildman–Crippen MR) is 70.2 cm³/mol. The Balaban J connectivity index is 2.41. The summed E-state index contributed by atoms with van der Waals surface area (Å²) < 4.78 is 5.34. The number of aliphatic hydroxyl groups excluding tert-OH is 1. The lowest BCUT2D eigenvalue weighted by Crippen LogP contribution is -2.44. The topological polar surface area (TPSA) is 75.8 Å². The first-order valence-electron chi connectivity index (χ1n) is 6.66. The number of nitrogens with two attached hydrogens (primary N) is 1. The van der Waals surface area contributed by atoms with Crippen LogP contribution in [0, 0.1) is 11.8 Å². The standard InChI is InChI=1S/C13H26N2O3/c1-13(2,3)18-12(17)15-6-4-10(5-7-15)11(8-14)9-16/h10-11,16H,4-9,14H2,1-3H3/t11-/m0/s1. The smallest absolute Gasteiger partial charge is 0.410 e. The minimum atomic E-state index is -0.446. The minimum absolute atomic E-state index is 0.133. The molecule has 0 aliphatic carbocycles. The largest absolute Gasteiger partial charge is 0.444 e. The highest BCUT2D eigenvalue weighted by atomic mass is 16.6. The van der Waals surface area contributed by atoms with Crippen LogP contribution in [0.25, 0.3) is 0 Å². The lowest BCUT2D eigenvalue weighted by molar-refractivity contribution is 0.0145. The molecule has 1 atom stereocenters. The summed E-state index contributed by atoms with van der Waals surface area (Å²) in [6.45, 7) is 7.63. The minimum Gasteiger partial charge on any atom is -0.444 e. The number of hydrogen-bond donors (Lipinski definition) is 2. The maximum atomic E-state index is 11.9. The van der Waals surface area contributed by atoms with Gasteiger partial charge in [-0.3, -0.25) is 0 Å². The van der Waals surface area contributed by atoms with Crippen molar-refractivity contribution in [2.24, 2.45) is 17.6 Å². The Morgan fingerprint density at radius 1 is 1.44 bits per heavy atom. The highest BCUT2D eigenvalue weighted by molar-refractivity contribution is 5.68. The monoisotopic (exact) mass is 258 g/mol. The Morgan fingerprint density at radius 2 is 2.00 bits per heavy atom. The summed E-state index contributed by atoms with van der Waals surface area (Å²) in [5.74, 6) is 0.574. The van der Waals surface area contributed by atoms with E-state index in [1.165, 1.54) is 0 Å². The zero-order valence-electron chi connectivity index (χ0n) is 11.7. The fourth-order valence-corrected chi connectivity index (χ4v) is 2.30. The van der Waals surface area contributed by atoms with Gasteiger partial charge in [0.15, 0.2) is 0 Å². The Kier molecular flexibility index (Phi) is 5.41. The van der Waals surface area contributed by atoms with Gasteiger partial charge >= 0.3 is 6.09 Å². The van der Waals surface area contributed by atoms with E-state index in [0.29, 0.717) is 25.6 Å². The van der Waals surface area contributed by atoms with E-state index in [4.69, 9.17) is 10.5 Å². The molecule has 106 valence electrons. The van der Waals surface area contributed by atoms with E-state index < -0.39 is 5.60 Å². The molecule has 0 spiro atoms. The van der Waals surface area contributed by atoms with E-state index in [-0.39, 0.29) is 18.6 Å². The van der Waals surface area contributed by atoms with Crippen LogP contribution in [0.3, 0.4) is 0 Å². The highest BCUT2D eigenvalue weighted by Crippen LogP contribution is 2.25. The number of rotatable bonds is 3. The number of carbonyl (C=O) groups excluding carboxylic acids is 1. The number of carbonyl (C=O) groups is 1. The average molecular weight is 258 g/mol. The molecule has 1 aliphatic rings. The highest BCUT2D eigenvalue weighted by Gasteiger charge is 2.29. The lowest BCUT2D eigenvalue weighted by Gasteiger charge is -2.35. The van der Waals surface area contributed by atoms with E-state index in [0.717, 1.165) is 12.8 Å². The van der Waals surface area contributed by atoms with Crippen LogP contribution in [-0.4, -0.2) is 47.9 Å².